The number of likely N-dealkylation sites (tertiary alicyclic amines) is 1. The van der Waals surface area contributed by atoms with Crippen molar-refractivity contribution in [2.45, 2.75) is 57.5 Å². The molecule has 1 aliphatic carbocycles. The van der Waals surface area contributed by atoms with Gasteiger partial charge in [-0.3, -0.25) is 9.59 Å². The molecule has 1 aliphatic heterocycles. The van der Waals surface area contributed by atoms with Crippen LogP contribution in [0.5, 0.6) is 11.5 Å². The Morgan fingerprint density at radius 2 is 1.50 bits per heavy atom. The van der Waals surface area contributed by atoms with Crippen LogP contribution in [0.3, 0.4) is 0 Å². The van der Waals surface area contributed by atoms with Crippen LogP contribution in [0.2, 0.25) is 0 Å². The van der Waals surface area contributed by atoms with Gasteiger partial charge in [0.1, 0.15) is 17.6 Å². The van der Waals surface area contributed by atoms with Crippen molar-refractivity contribution in [2.75, 3.05) is 19.6 Å². The molecule has 0 spiro atoms. The molecular formula is C28H34N2O6. The molecule has 0 unspecified atom stereocenters. The van der Waals surface area contributed by atoms with Crippen molar-refractivity contribution in [2.24, 2.45) is 5.92 Å². The Balaban J connectivity index is 1.18. The van der Waals surface area contributed by atoms with Crippen molar-refractivity contribution in [1.82, 2.24) is 10.2 Å². The molecule has 1 heterocycles. The first-order valence-corrected chi connectivity index (χ1v) is 12.8. The quantitative estimate of drug-likeness (QED) is 0.553. The molecule has 2 amide bonds. The lowest BCUT2D eigenvalue weighted by Gasteiger charge is -2.31. The first kappa shape index (κ1) is 25.5. The van der Waals surface area contributed by atoms with Gasteiger partial charge in [0, 0.05) is 38.0 Å². The fourth-order valence-corrected chi connectivity index (χ4v) is 4.78. The van der Waals surface area contributed by atoms with Crippen molar-refractivity contribution in [3.05, 3.63) is 59.7 Å². The van der Waals surface area contributed by atoms with Gasteiger partial charge < -0.3 is 24.8 Å². The number of hydrogen-bond acceptors (Lipinski definition) is 5. The molecule has 0 bridgehead atoms. The molecule has 8 nitrogen and oxygen atoms in total. The average Bonchev–Trinajstić information content (AvgIpc) is 2.89. The minimum atomic E-state index is -0.866. The van der Waals surface area contributed by atoms with Crippen LogP contribution in [-0.2, 0) is 11.2 Å². The second kappa shape index (κ2) is 12.4. The molecular weight excluding hydrogens is 460 g/mol. The molecule has 192 valence electrons. The summed E-state index contributed by atoms with van der Waals surface area (Å²) >= 11 is 0. The molecule has 36 heavy (non-hydrogen) atoms. The van der Waals surface area contributed by atoms with E-state index in [1.807, 2.05) is 0 Å². The molecule has 0 atom stereocenters. The number of amides is 2. The summed E-state index contributed by atoms with van der Waals surface area (Å²) in [5.41, 5.74) is 1.28. The lowest BCUT2D eigenvalue weighted by atomic mass is 9.89. The summed E-state index contributed by atoms with van der Waals surface area (Å²) < 4.78 is 11.5. The highest BCUT2D eigenvalue weighted by Crippen LogP contribution is 2.23. The normalized spacial score (nSPS) is 16.8. The monoisotopic (exact) mass is 494 g/mol. The Bertz CT molecular complexity index is 1020. The molecule has 2 aromatic rings. The van der Waals surface area contributed by atoms with E-state index in [1.54, 1.807) is 53.4 Å². The third kappa shape index (κ3) is 7.47. The van der Waals surface area contributed by atoms with Crippen LogP contribution in [0.1, 0.15) is 60.9 Å². The lowest BCUT2D eigenvalue weighted by Crippen LogP contribution is -2.43. The summed E-state index contributed by atoms with van der Waals surface area (Å²) in [4.78, 5) is 37.5. The zero-order valence-corrected chi connectivity index (χ0v) is 20.5. The minimum Gasteiger partial charge on any atom is -0.490 e. The highest BCUT2D eigenvalue weighted by molar-refractivity contribution is 5.94. The van der Waals surface area contributed by atoms with E-state index in [0.29, 0.717) is 55.5 Å². The van der Waals surface area contributed by atoms with Crippen molar-refractivity contribution in [3.63, 3.8) is 0 Å². The smallest absolute Gasteiger partial charge is 0.415 e. The standard InChI is InChI=1S/C28H34N2O6/c31-26(32)18-20-6-10-23(11-7-20)35-25-14-16-30(17-15-25)28(34)36-24-12-8-22(9-13-24)27(33)29-19-21-4-2-1-3-5-21/h6-13,21,25H,1-5,14-19H2,(H,29,33)(H,31,32). The number of ether oxygens (including phenoxy) is 2. The Morgan fingerprint density at radius 3 is 2.14 bits per heavy atom. The van der Waals surface area contributed by atoms with E-state index >= 15 is 0 Å². The number of carboxylic acid groups (broad SMARTS) is 1. The van der Waals surface area contributed by atoms with Crippen molar-refractivity contribution >= 4 is 18.0 Å². The summed E-state index contributed by atoms with van der Waals surface area (Å²) in [6, 6.07) is 13.7. The average molecular weight is 495 g/mol. The zero-order chi connectivity index (χ0) is 25.3. The maximum absolute atomic E-state index is 12.6. The lowest BCUT2D eigenvalue weighted by molar-refractivity contribution is -0.136. The summed E-state index contributed by atoms with van der Waals surface area (Å²) in [7, 11) is 0. The van der Waals surface area contributed by atoms with E-state index in [0.717, 1.165) is 5.56 Å². The first-order chi connectivity index (χ1) is 17.5. The number of benzene rings is 2. The van der Waals surface area contributed by atoms with Crippen LogP contribution < -0.4 is 14.8 Å². The SMILES string of the molecule is O=C(O)Cc1ccc(OC2CCN(C(=O)Oc3ccc(C(=O)NCC4CCCCC4)cc3)CC2)cc1. The van der Waals surface area contributed by atoms with Gasteiger partial charge in [-0.25, -0.2) is 4.79 Å². The summed E-state index contributed by atoms with van der Waals surface area (Å²) in [6.45, 7) is 1.75. The second-order valence-corrected chi connectivity index (χ2v) is 9.63. The Hall–Kier alpha value is -3.55. The van der Waals surface area contributed by atoms with Crippen LogP contribution >= 0.6 is 0 Å². The fourth-order valence-electron chi connectivity index (χ4n) is 4.78. The first-order valence-electron chi connectivity index (χ1n) is 12.8. The Kier molecular flexibility index (Phi) is 8.81. The maximum Gasteiger partial charge on any atom is 0.415 e. The number of rotatable bonds is 8. The highest BCUT2D eigenvalue weighted by atomic mass is 16.6. The number of nitrogens with zero attached hydrogens (tertiary/aromatic N) is 1. The predicted octanol–water partition coefficient (Wildman–Crippen LogP) is 4.67. The van der Waals surface area contributed by atoms with Crippen LogP contribution in [0.25, 0.3) is 0 Å². The van der Waals surface area contributed by atoms with Crippen LogP contribution in [0.15, 0.2) is 48.5 Å². The molecule has 0 aromatic heterocycles. The van der Waals surface area contributed by atoms with E-state index < -0.39 is 12.1 Å². The molecule has 1 saturated carbocycles. The van der Waals surface area contributed by atoms with Gasteiger partial charge in [-0.2, -0.15) is 0 Å². The summed E-state index contributed by atoms with van der Waals surface area (Å²) in [5.74, 6) is 0.699. The van der Waals surface area contributed by atoms with Crippen molar-refractivity contribution in [3.8, 4) is 11.5 Å². The van der Waals surface area contributed by atoms with Crippen LogP contribution in [0, 0.1) is 5.92 Å². The molecule has 4 rings (SSSR count). The van der Waals surface area contributed by atoms with E-state index in [1.165, 1.54) is 32.1 Å². The number of piperidine rings is 1. The van der Waals surface area contributed by atoms with Gasteiger partial charge in [0.15, 0.2) is 0 Å². The highest BCUT2D eigenvalue weighted by Gasteiger charge is 2.25. The third-order valence-corrected chi connectivity index (χ3v) is 6.88. The number of carbonyl (C=O) groups is 3. The predicted molar refractivity (Wildman–Crippen MR) is 134 cm³/mol. The van der Waals surface area contributed by atoms with Gasteiger partial charge in [0.25, 0.3) is 5.91 Å². The number of carboxylic acids is 1. The minimum absolute atomic E-state index is 0.0167. The molecule has 8 heteroatoms. The number of hydrogen-bond donors (Lipinski definition) is 2. The second-order valence-electron chi connectivity index (χ2n) is 9.63. The van der Waals surface area contributed by atoms with Crippen molar-refractivity contribution < 1.29 is 29.0 Å². The number of nitrogens with one attached hydrogen (secondary N) is 1. The number of aliphatic carboxylic acids is 1. The van der Waals surface area contributed by atoms with Gasteiger partial charge in [-0.1, -0.05) is 31.4 Å². The Morgan fingerprint density at radius 1 is 0.861 bits per heavy atom. The molecule has 2 fully saturated rings. The molecule has 2 N–H and O–H groups in total. The largest absolute Gasteiger partial charge is 0.490 e. The third-order valence-electron chi connectivity index (χ3n) is 6.88. The topological polar surface area (TPSA) is 105 Å². The summed E-state index contributed by atoms with van der Waals surface area (Å²) in [5, 5.41) is 11.9. The van der Waals surface area contributed by atoms with E-state index in [-0.39, 0.29) is 18.4 Å². The van der Waals surface area contributed by atoms with Crippen LogP contribution in [0.4, 0.5) is 4.79 Å². The van der Waals surface area contributed by atoms with Gasteiger partial charge >= 0.3 is 12.1 Å². The molecule has 0 radical (unpaired) electrons. The Labute approximate surface area is 211 Å². The molecule has 2 aliphatic rings. The van der Waals surface area contributed by atoms with Gasteiger partial charge in [-0.05, 0) is 60.7 Å². The van der Waals surface area contributed by atoms with Gasteiger partial charge in [0.2, 0.25) is 0 Å². The maximum atomic E-state index is 12.6. The van der Waals surface area contributed by atoms with E-state index in [4.69, 9.17) is 14.6 Å². The van der Waals surface area contributed by atoms with Gasteiger partial charge in [-0.15, -0.1) is 0 Å². The van der Waals surface area contributed by atoms with Gasteiger partial charge in [0.05, 0.1) is 6.42 Å². The van der Waals surface area contributed by atoms with Crippen molar-refractivity contribution in [1.29, 1.82) is 0 Å². The summed E-state index contributed by atoms with van der Waals surface area (Å²) in [6.07, 6.45) is 7.04. The van der Waals surface area contributed by atoms with E-state index in [2.05, 4.69) is 5.32 Å². The van der Waals surface area contributed by atoms with Crippen LogP contribution in [-0.4, -0.2) is 53.7 Å². The molecule has 2 aromatic carbocycles. The number of carbonyl (C=O) groups excluding carboxylic acids is 2. The van der Waals surface area contributed by atoms with E-state index in [9.17, 15) is 14.4 Å². The fraction of sp³-hybridized carbons (Fsp3) is 0.464. The zero-order valence-electron chi connectivity index (χ0n) is 20.5. The molecule has 1 saturated heterocycles.